The van der Waals surface area contributed by atoms with Gasteiger partial charge in [-0.05, 0) is 24.1 Å². The fourth-order valence-electron chi connectivity index (χ4n) is 1.34. The number of nitrogens with two attached hydrogens (primary N) is 1. The highest BCUT2D eigenvalue weighted by Gasteiger charge is 2.07. The minimum absolute atomic E-state index is 0.0213. The van der Waals surface area contributed by atoms with Crippen LogP contribution >= 0.6 is 11.6 Å². The average molecular weight is 214 g/mol. The summed E-state index contributed by atoms with van der Waals surface area (Å²) in [7, 11) is 0. The first-order valence-corrected chi connectivity index (χ1v) is 5.27. The van der Waals surface area contributed by atoms with Crippen LogP contribution in [0.25, 0.3) is 0 Å². The third-order valence-corrected chi connectivity index (χ3v) is 2.57. The van der Waals surface area contributed by atoms with E-state index >= 15 is 0 Å². The lowest BCUT2D eigenvalue weighted by atomic mass is 10.0. The Balaban J connectivity index is 2.70. The minimum Gasteiger partial charge on any atom is -0.506 e. The smallest absolute Gasteiger partial charge is 0.134 e. The second-order valence-electron chi connectivity index (χ2n) is 3.46. The highest BCUT2D eigenvalue weighted by Crippen LogP contribution is 2.27. The molecule has 1 rings (SSSR count). The molecule has 0 bridgehead atoms. The summed E-state index contributed by atoms with van der Waals surface area (Å²) in [4.78, 5) is 0. The van der Waals surface area contributed by atoms with Crippen LogP contribution in [0.15, 0.2) is 18.2 Å². The third-order valence-electron chi connectivity index (χ3n) is 2.27. The summed E-state index contributed by atoms with van der Waals surface area (Å²) in [5, 5.41) is 9.60. The molecule has 3 heteroatoms. The second kappa shape index (κ2) is 5.23. The average Bonchev–Trinajstić information content (AvgIpc) is 2.18. The van der Waals surface area contributed by atoms with E-state index < -0.39 is 0 Å². The van der Waals surface area contributed by atoms with Crippen molar-refractivity contribution < 1.29 is 5.11 Å². The van der Waals surface area contributed by atoms with E-state index in [1.165, 1.54) is 0 Å². The molecule has 1 aromatic carbocycles. The van der Waals surface area contributed by atoms with E-state index in [4.69, 9.17) is 17.3 Å². The fourth-order valence-corrected chi connectivity index (χ4v) is 1.53. The van der Waals surface area contributed by atoms with Crippen LogP contribution in [0, 0.1) is 0 Å². The van der Waals surface area contributed by atoms with Gasteiger partial charge < -0.3 is 10.8 Å². The van der Waals surface area contributed by atoms with Crippen molar-refractivity contribution in [2.24, 2.45) is 5.73 Å². The topological polar surface area (TPSA) is 46.2 Å². The molecule has 0 aliphatic rings. The molecular weight excluding hydrogens is 198 g/mol. The van der Waals surface area contributed by atoms with Crippen LogP contribution in [0.5, 0.6) is 5.75 Å². The number of hydrogen-bond donors (Lipinski definition) is 2. The molecule has 1 atom stereocenters. The molecule has 14 heavy (non-hydrogen) atoms. The second-order valence-corrected chi connectivity index (χ2v) is 3.87. The molecule has 3 N–H and O–H groups in total. The van der Waals surface area contributed by atoms with Crippen molar-refractivity contribution in [3.8, 4) is 5.75 Å². The van der Waals surface area contributed by atoms with Gasteiger partial charge in [0.2, 0.25) is 0 Å². The maximum absolute atomic E-state index is 9.23. The Bertz CT molecular complexity index is 301. The zero-order valence-corrected chi connectivity index (χ0v) is 9.09. The monoisotopic (exact) mass is 213 g/mol. The lowest BCUT2D eigenvalue weighted by molar-refractivity contribution is 0.475. The molecule has 0 unspecified atom stereocenters. The van der Waals surface area contributed by atoms with E-state index in [1.807, 2.05) is 6.07 Å². The van der Waals surface area contributed by atoms with Crippen molar-refractivity contribution in [1.82, 2.24) is 0 Å². The summed E-state index contributed by atoms with van der Waals surface area (Å²) >= 11 is 5.79. The first-order valence-electron chi connectivity index (χ1n) is 4.89. The van der Waals surface area contributed by atoms with Gasteiger partial charge in [0, 0.05) is 6.04 Å². The number of hydrogen-bond acceptors (Lipinski definition) is 2. The van der Waals surface area contributed by atoms with Gasteiger partial charge in [-0.2, -0.15) is 0 Å². The molecule has 0 amide bonds. The SMILES string of the molecule is CCCC[C@@H](N)c1ccc(O)c(Cl)c1. The van der Waals surface area contributed by atoms with Crippen molar-refractivity contribution in [2.45, 2.75) is 32.2 Å². The molecule has 0 saturated carbocycles. The van der Waals surface area contributed by atoms with Gasteiger partial charge in [0.05, 0.1) is 5.02 Å². The van der Waals surface area contributed by atoms with E-state index in [-0.39, 0.29) is 11.8 Å². The lowest BCUT2D eigenvalue weighted by Gasteiger charge is -2.11. The Morgan fingerprint density at radius 2 is 2.21 bits per heavy atom. The maximum atomic E-state index is 9.23. The third kappa shape index (κ3) is 2.89. The molecule has 2 nitrogen and oxygen atoms in total. The summed E-state index contributed by atoms with van der Waals surface area (Å²) < 4.78 is 0. The van der Waals surface area contributed by atoms with Crippen LogP contribution in [0.1, 0.15) is 37.8 Å². The standard InChI is InChI=1S/C11H16ClNO/c1-2-3-4-10(13)8-5-6-11(14)9(12)7-8/h5-7,10,14H,2-4,13H2,1H3/t10-/m1/s1. The quantitative estimate of drug-likeness (QED) is 0.807. The first kappa shape index (κ1) is 11.3. The zero-order chi connectivity index (χ0) is 10.6. The summed E-state index contributed by atoms with van der Waals surface area (Å²) in [5.41, 5.74) is 6.95. The normalized spacial score (nSPS) is 12.8. The predicted molar refractivity (Wildman–Crippen MR) is 59.6 cm³/mol. The van der Waals surface area contributed by atoms with Crippen molar-refractivity contribution in [3.05, 3.63) is 28.8 Å². The predicted octanol–water partition coefficient (Wildman–Crippen LogP) is 3.24. The van der Waals surface area contributed by atoms with E-state index in [0.717, 1.165) is 24.8 Å². The Labute approximate surface area is 89.7 Å². The molecule has 1 aromatic rings. The number of unbranched alkanes of at least 4 members (excludes halogenated alkanes) is 1. The molecule has 0 radical (unpaired) electrons. The molecular formula is C11H16ClNO. The summed E-state index contributed by atoms with van der Waals surface area (Å²) in [6.45, 7) is 2.14. The van der Waals surface area contributed by atoms with Crippen molar-refractivity contribution >= 4 is 11.6 Å². The Morgan fingerprint density at radius 3 is 2.79 bits per heavy atom. The van der Waals surface area contributed by atoms with Crippen LogP contribution < -0.4 is 5.73 Å². The molecule has 0 aliphatic heterocycles. The van der Waals surface area contributed by atoms with Gasteiger partial charge in [-0.25, -0.2) is 0 Å². The van der Waals surface area contributed by atoms with Crippen molar-refractivity contribution in [1.29, 1.82) is 0 Å². The van der Waals surface area contributed by atoms with Crippen LogP contribution in [-0.2, 0) is 0 Å². The molecule has 0 spiro atoms. The Kier molecular flexibility index (Phi) is 4.23. The van der Waals surface area contributed by atoms with Gasteiger partial charge in [0.1, 0.15) is 5.75 Å². The number of phenols is 1. The van der Waals surface area contributed by atoms with Gasteiger partial charge >= 0.3 is 0 Å². The van der Waals surface area contributed by atoms with Gasteiger partial charge in [-0.3, -0.25) is 0 Å². The van der Waals surface area contributed by atoms with Crippen LogP contribution in [-0.4, -0.2) is 5.11 Å². The Hall–Kier alpha value is -0.730. The first-order chi connectivity index (χ1) is 6.65. The molecule has 0 saturated heterocycles. The number of phenolic OH excluding ortho intramolecular Hbond substituents is 1. The molecule has 0 aromatic heterocycles. The highest BCUT2D eigenvalue weighted by molar-refractivity contribution is 6.32. The van der Waals surface area contributed by atoms with E-state index in [9.17, 15) is 5.11 Å². The zero-order valence-electron chi connectivity index (χ0n) is 8.33. The van der Waals surface area contributed by atoms with Crippen LogP contribution in [0.2, 0.25) is 5.02 Å². The highest BCUT2D eigenvalue weighted by atomic mass is 35.5. The largest absolute Gasteiger partial charge is 0.506 e. The van der Waals surface area contributed by atoms with Gasteiger partial charge in [-0.1, -0.05) is 37.4 Å². The Morgan fingerprint density at radius 1 is 1.50 bits per heavy atom. The minimum atomic E-state index is 0.0213. The summed E-state index contributed by atoms with van der Waals surface area (Å²) in [6.07, 6.45) is 3.21. The van der Waals surface area contributed by atoms with Crippen LogP contribution in [0.3, 0.4) is 0 Å². The summed E-state index contributed by atoms with van der Waals surface area (Å²) in [6, 6.07) is 5.16. The fraction of sp³-hybridized carbons (Fsp3) is 0.455. The lowest BCUT2D eigenvalue weighted by Crippen LogP contribution is -2.09. The van der Waals surface area contributed by atoms with E-state index in [0.29, 0.717) is 5.02 Å². The number of halogens is 1. The van der Waals surface area contributed by atoms with Crippen LogP contribution in [0.4, 0.5) is 0 Å². The number of benzene rings is 1. The summed E-state index contributed by atoms with van der Waals surface area (Å²) in [5.74, 6) is 0.109. The molecule has 0 fully saturated rings. The molecule has 0 heterocycles. The maximum Gasteiger partial charge on any atom is 0.134 e. The van der Waals surface area contributed by atoms with Gasteiger partial charge in [0.15, 0.2) is 0 Å². The van der Waals surface area contributed by atoms with E-state index in [1.54, 1.807) is 12.1 Å². The van der Waals surface area contributed by atoms with Gasteiger partial charge in [-0.15, -0.1) is 0 Å². The number of rotatable bonds is 4. The molecule has 0 aliphatic carbocycles. The van der Waals surface area contributed by atoms with Crippen molar-refractivity contribution in [2.75, 3.05) is 0 Å². The number of aromatic hydroxyl groups is 1. The van der Waals surface area contributed by atoms with Crippen molar-refractivity contribution in [3.63, 3.8) is 0 Å². The van der Waals surface area contributed by atoms with E-state index in [2.05, 4.69) is 6.92 Å². The van der Waals surface area contributed by atoms with Gasteiger partial charge in [0.25, 0.3) is 0 Å². The molecule has 78 valence electrons.